The molecule has 0 aliphatic heterocycles. The fourth-order valence-electron chi connectivity index (χ4n) is 2.52. The number of aryl methyl sites for hydroxylation is 1. The Hall–Kier alpha value is -0.830. The molecule has 0 radical (unpaired) electrons. The molecule has 0 spiro atoms. The number of nitrogens with one attached hydrogen (secondary N) is 1. The highest BCUT2D eigenvalue weighted by atomic mass is 15.3. The van der Waals surface area contributed by atoms with Crippen molar-refractivity contribution in [2.75, 3.05) is 6.54 Å². The lowest BCUT2D eigenvalue weighted by molar-refractivity contribution is 0.529. The smallest absolute Gasteiger partial charge is 0.0522 e. The Morgan fingerprint density at radius 1 is 0.950 bits per heavy atom. The van der Waals surface area contributed by atoms with E-state index in [0.29, 0.717) is 0 Å². The first-order chi connectivity index (χ1) is 9.88. The van der Waals surface area contributed by atoms with E-state index in [-0.39, 0.29) is 0 Å². The van der Waals surface area contributed by atoms with Crippen molar-refractivity contribution < 1.29 is 0 Å². The summed E-state index contributed by atoms with van der Waals surface area (Å²) >= 11 is 0. The van der Waals surface area contributed by atoms with Gasteiger partial charge in [-0.05, 0) is 25.5 Å². The number of nitrogens with zero attached hydrogens (tertiary/aromatic N) is 2. The third-order valence-corrected chi connectivity index (χ3v) is 3.75. The summed E-state index contributed by atoms with van der Waals surface area (Å²) in [5, 5.41) is 7.88. The summed E-state index contributed by atoms with van der Waals surface area (Å²) in [6, 6.07) is 2.12. The predicted octanol–water partition coefficient (Wildman–Crippen LogP) is 4.52. The van der Waals surface area contributed by atoms with Crippen molar-refractivity contribution in [2.45, 2.75) is 84.7 Å². The fourth-order valence-corrected chi connectivity index (χ4v) is 2.52. The Morgan fingerprint density at radius 2 is 1.65 bits per heavy atom. The van der Waals surface area contributed by atoms with Crippen molar-refractivity contribution in [3.63, 3.8) is 0 Å². The first-order valence-corrected chi connectivity index (χ1v) is 8.59. The molecule has 1 aromatic heterocycles. The maximum Gasteiger partial charge on any atom is 0.0522 e. The Bertz CT molecular complexity index is 320. The van der Waals surface area contributed by atoms with E-state index in [9.17, 15) is 0 Å². The molecule has 0 aliphatic rings. The zero-order chi connectivity index (χ0) is 14.5. The van der Waals surface area contributed by atoms with E-state index in [1.165, 1.54) is 57.1 Å². The highest BCUT2D eigenvalue weighted by Crippen LogP contribution is 2.08. The third-order valence-electron chi connectivity index (χ3n) is 3.75. The summed E-state index contributed by atoms with van der Waals surface area (Å²) in [5.74, 6) is 0. The minimum atomic E-state index is 0.955. The molecule has 0 saturated heterocycles. The van der Waals surface area contributed by atoms with Crippen LogP contribution in [0.2, 0.25) is 0 Å². The lowest BCUT2D eigenvalue weighted by Crippen LogP contribution is -2.18. The summed E-state index contributed by atoms with van der Waals surface area (Å²) < 4.78 is 2.11. The lowest BCUT2D eigenvalue weighted by atomic mass is 10.1. The average molecular weight is 279 g/mol. The number of hydrogen-bond donors (Lipinski definition) is 1. The van der Waals surface area contributed by atoms with E-state index in [2.05, 4.69) is 35.0 Å². The van der Waals surface area contributed by atoms with E-state index < -0.39 is 0 Å². The van der Waals surface area contributed by atoms with Crippen LogP contribution in [-0.4, -0.2) is 16.3 Å². The van der Waals surface area contributed by atoms with Gasteiger partial charge in [0.25, 0.3) is 0 Å². The normalized spacial score (nSPS) is 11.1. The van der Waals surface area contributed by atoms with E-state index in [1.54, 1.807) is 0 Å². The van der Waals surface area contributed by atoms with Crippen molar-refractivity contribution >= 4 is 0 Å². The average Bonchev–Trinajstić information content (AvgIpc) is 2.89. The summed E-state index contributed by atoms with van der Waals surface area (Å²) in [4.78, 5) is 0. The van der Waals surface area contributed by atoms with Gasteiger partial charge in [0.05, 0.1) is 5.69 Å². The van der Waals surface area contributed by atoms with Gasteiger partial charge in [-0.25, -0.2) is 0 Å². The molecule has 3 nitrogen and oxygen atoms in total. The van der Waals surface area contributed by atoms with Crippen LogP contribution in [0.15, 0.2) is 12.3 Å². The fraction of sp³-hybridized carbons (Fsp3) is 0.824. The van der Waals surface area contributed by atoms with Crippen LogP contribution in [0, 0.1) is 0 Å². The van der Waals surface area contributed by atoms with Crippen LogP contribution in [0.5, 0.6) is 0 Å². The quantitative estimate of drug-likeness (QED) is 0.538. The van der Waals surface area contributed by atoms with Crippen molar-refractivity contribution in [3.8, 4) is 0 Å². The monoisotopic (exact) mass is 279 g/mol. The standard InChI is InChI=1S/C17H33N3/c1-3-5-6-7-8-9-10-11-13-18-16-17-12-14-19-20(17)15-4-2/h12,14,18H,3-11,13,15-16H2,1-2H3. The second kappa shape index (κ2) is 12.0. The molecule has 0 amide bonds. The van der Waals surface area contributed by atoms with Crippen LogP contribution >= 0.6 is 0 Å². The predicted molar refractivity (Wildman–Crippen MR) is 86.8 cm³/mol. The molecule has 1 rings (SSSR count). The molecule has 0 aromatic carbocycles. The molecule has 20 heavy (non-hydrogen) atoms. The van der Waals surface area contributed by atoms with Gasteiger partial charge in [-0.1, -0.05) is 58.8 Å². The summed E-state index contributed by atoms with van der Waals surface area (Å²) in [6.07, 6.45) is 14.2. The second-order valence-electron chi connectivity index (χ2n) is 5.70. The first kappa shape index (κ1) is 17.2. The van der Waals surface area contributed by atoms with Crippen LogP contribution in [0.25, 0.3) is 0 Å². The molecule has 3 heteroatoms. The molecule has 0 saturated carbocycles. The maximum atomic E-state index is 4.35. The van der Waals surface area contributed by atoms with Gasteiger partial charge in [0, 0.05) is 19.3 Å². The van der Waals surface area contributed by atoms with Gasteiger partial charge in [0.15, 0.2) is 0 Å². The van der Waals surface area contributed by atoms with Crippen LogP contribution in [0.3, 0.4) is 0 Å². The lowest BCUT2D eigenvalue weighted by Gasteiger charge is -2.07. The number of unbranched alkanes of at least 4 members (excludes halogenated alkanes) is 7. The minimum absolute atomic E-state index is 0.955. The molecule has 1 heterocycles. The highest BCUT2D eigenvalue weighted by molar-refractivity contribution is 4.99. The molecule has 1 N–H and O–H groups in total. The van der Waals surface area contributed by atoms with E-state index >= 15 is 0 Å². The molecular weight excluding hydrogens is 246 g/mol. The topological polar surface area (TPSA) is 29.9 Å². The van der Waals surface area contributed by atoms with Crippen LogP contribution in [-0.2, 0) is 13.1 Å². The van der Waals surface area contributed by atoms with Crippen LogP contribution in [0.4, 0.5) is 0 Å². The number of hydrogen-bond acceptors (Lipinski definition) is 2. The Balaban J connectivity index is 1.93. The van der Waals surface area contributed by atoms with Gasteiger partial charge in [-0.2, -0.15) is 5.10 Å². The molecule has 116 valence electrons. The van der Waals surface area contributed by atoms with Gasteiger partial charge in [-0.3, -0.25) is 4.68 Å². The highest BCUT2D eigenvalue weighted by Gasteiger charge is 2.00. The molecule has 0 bridgehead atoms. The van der Waals surface area contributed by atoms with E-state index in [0.717, 1.165) is 26.1 Å². The van der Waals surface area contributed by atoms with Gasteiger partial charge >= 0.3 is 0 Å². The van der Waals surface area contributed by atoms with Crippen LogP contribution < -0.4 is 5.32 Å². The molecule has 0 aliphatic carbocycles. The summed E-state index contributed by atoms with van der Waals surface area (Å²) in [6.45, 7) is 7.59. The van der Waals surface area contributed by atoms with Gasteiger partial charge in [-0.15, -0.1) is 0 Å². The molecule has 0 atom stereocenters. The zero-order valence-electron chi connectivity index (χ0n) is 13.5. The van der Waals surface area contributed by atoms with Crippen LogP contribution in [0.1, 0.15) is 77.3 Å². The maximum absolute atomic E-state index is 4.35. The molecule has 1 aromatic rings. The van der Waals surface area contributed by atoms with Crippen molar-refractivity contribution in [1.82, 2.24) is 15.1 Å². The first-order valence-electron chi connectivity index (χ1n) is 8.59. The van der Waals surface area contributed by atoms with E-state index in [1.807, 2.05) is 6.20 Å². The molecule has 0 unspecified atom stereocenters. The van der Waals surface area contributed by atoms with Crippen molar-refractivity contribution in [3.05, 3.63) is 18.0 Å². The SMILES string of the molecule is CCCCCCCCCCNCc1ccnn1CCC. The minimum Gasteiger partial charge on any atom is -0.311 e. The van der Waals surface area contributed by atoms with E-state index in [4.69, 9.17) is 0 Å². The molecule has 0 fully saturated rings. The Labute approximate surface area is 125 Å². The van der Waals surface area contributed by atoms with Gasteiger partial charge in [0.1, 0.15) is 0 Å². The van der Waals surface area contributed by atoms with Gasteiger partial charge in [0.2, 0.25) is 0 Å². The largest absolute Gasteiger partial charge is 0.311 e. The Kier molecular flexibility index (Phi) is 10.3. The second-order valence-corrected chi connectivity index (χ2v) is 5.70. The summed E-state index contributed by atoms with van der Waals surface area (Å²) in [5.41, 5.74) is 1.31. The number of aromatic nitrogens is 2. The third kappa shape index (κ3) is 7.68. The Morgan fingerprint density at radius 3 is 2.35 bits per heavy atom. The summed E-state index contributed by atoms with van der Waals surface area (Å²) in [7, 11) is 0. The zero-order valence-corrected chi connectivity index (χ0v) is 13.5. The number of rotatable bonds is 13. The van der Waals surface area contributed by atoms with Gasteiger partial charge < -0.3 is 5.32 Å². The van der Waals surface area contributed by atoms with Crippen molar-refractivity contribution in [2.24, 2.45) is 0 Å². The molecular formula is C17H33N3. The van der Waals surface area contributed by atoms with Crippen molar-refractivity contribution in [1.29, 1.82) is 0 Å².